The Labute approximate surface area is 241 Å². The Bertz CT molecular complexity index is 1670. The summed E-state index contributed by atoms with van der Waals surface area (Å²) in [5, 5.41) is 6.82. The summed E-state index contributed by atoms with van der Waals surface area (Å²) in [5.74, 6) is 0.425. The molecule has 7 heteroatoms. The number of carbonyl (C=O) groups excluding carboxylic acids is 1. The Morgan fingerprint density at radius 3 is 2.34 bits per heavy atom. The number of aromatic nitrogens is 2. The van der Waals surface area contributed by atoms with E-state index in [4.69, 9.17) is 4.74 Å². The van der Waals surface area contributed by atoms with Gasteiger partial charge >= 0.3 is 6.03 Å². The van der Waals surface area contributed by atoms with Gasteiger partial charge in [-0.25, -0.2) is 9.78 Å². The van der Waals surface area contributed by atoms with Crippen molar-refractivity contribution in [2.45, 2.75) is 59.0 Å². The Balaban J connectivity index is 1.60. The van der Waals surface area contributed by atoms with Gasteiger partial charge in [0.1, 0.15) is 11.3 Å². The fraction of sp³-hybridized carbons (Fsp3) is 0.324. The Morgan fingerprint density at radius 2 is 1.68 bits per heavy atom. The quantitative estimate of drug-likeness (QED) is 0.220. The van der Waals surface area contributed by atoms with Crippen LogP contribution in [0.5, 0.6) is 0 Å². The number of rotatable bonds is 8. The number of nitrogens with one attached hydrogen (secondary N) is 2. The number of ether oxygens (including phenoxy) is 1. The molecule has 0 saturated carbocycles. The molecule has 0 aliphatic carbocycles. The van der Waals surface area contributed by atoms with Gasteiger partial charge in [-0.3, -0.25) is 9.36 Å². The molecule has 3 heterocycles. The minimum Gasteiger partial charge on any atom is -0.373 e. The van der Waals surface area contributed by atoms with E-state index in [0.29, 0.717) is 17.3 Å². The summed E-state index contributed by atoms with van der Waals surface area (Å²) >= 11 is 0. The second-order valence-electron chi connectivity index (χ2n) is 11.3. The van der Waals surface area contributed by atoms with Gasteiger partial charge < -0.3 is 15.4 Å². The van der Waals surface area contributed by atoms with Crippen LogP contribution in [0.15, 0.2) is 71.7 Å². The van der Waals surface area contributed by atoms with Crippen LogP contribution in [-0.2, 0) is 11.8 Å². The zero-order chi connectivity index (χ0) is 29.3. The molecule has 0 radical (unpaired) electrons. The van der Waals surface area contributed by atoms with E-state index in [0.717, 1.165) is 51.9 Å². The molecule has 1 atom stereocenters. The number of allylic oxidation sites excluding steroid dienone is 1. The molecule has 7 nitrogen and oxygen atoms in total. The number of pyridine rings is 2. The van der Waals surface area contributed by atoms with E-state index < -0.39 is 6.03 Å². The minimum absolute atomic E-state index is 0.212. The summed E-state index contributed by atoms with van der Waals surface area (Å²) in [5.41, 5.74) is 6.98. The molecular formula is C34H38N4O3. The number of aryl methyl sites for hydroxylation is 1. The predicted molar refractivity (Wildman–Crippen MR) is 168 cm³/mol. The van der Waals surface area contributed by atoms with Gasteiger partial charge in [-0.05, 0) is 71.2 Å². The van der Waals surface area contributed by atoms with Gasteiger partial charge in [-0.1, -0.05) is 70.2 Å². The first-order valence-electron chi connectivity index (χ1n) is 14.2. The van der Waals surface area contributed by atoms with Crippen LogP contribution >= 0.6 is 0 Å². The maximum atomic E-state index is 13.8. The number of nitrogens with zero attached hydrogens (tertiary/aromatic N) is 2. The third-order valence-corrected chi connectivity index (χ3v) is 7.69. The van der Waals surface area contributed by atoms with Gasteiger partial charge in [-0.15, -0.1) is 0 Å². The Kier molecular flexibility index (Phi) is 8.08. The molecule has 4 aromatic rings. The largest absolute Gasteiger partial charge is 0.373 e. The minimum atomic E-state index is -0.460. The van der Waals surface area contributed by atoms with Crippen LogP contribution in [0.3, 0.4) is 0 Å². The maximum Gasteiger partial charge on any atom is 0.323 e. The summed E-state index contributed by atoms with van der Waals surface area (Å²) in [6.07, 6.45) is 5.04. The normalized spacial score (nSPS) is 15.0. The smallest absolute Gasteiger partial charge is 0.323 e. The lowest BCUT2D eigenvalue weighted by molar-refractivity contribution is 0.262. The van der Waals surface area contributed by atoms with Gasteiger partial charge in [0.2, 0.25) is 0 Å². The number of benzene rings is 2. The SMILES string of the molecule is C/C(=C\CC1CO1)c1cccc(-c2c(NC(=O)Nc3c(C(C)C)cccc3C(C)C)c(=O)n(C)c3ncccc23)c1. The van der Waals surface area contributed by atoms with Crippen molar-refractivity contribution in [2.24, 2.45) is 7.05 Å². The Morgan fingerprint density at radius 1 is 1.02 bits per heavy atom. The molecule has 1 unspecified atom stereocenters. The number of para-hydroxylation sites is 1. The molecular weight excluding hydrogens is 512 g/mol. The Hall–Kier alpha value is -4.23. The molecule has 2 aromatic carbocycles. The van der Waals surface area contributed by atoms with Crippen molar-refractivity contribution in [1.29, 1.82) is 0 Å². The van der Waals surface area contributed by atoms with Gasteiger partial charge in [0.15, 0.2) is 0 Å². The first kappa shape index (κ1) is 28.3. The molecule has 1 saturated heterocycles. The molecule has 2 aromatic heterocycles. The van der Waals surface area contributed by atoms with E-state index in [1.807, 2.05) is 42.5 Å². The lowest BCUT2D eigenvalue weighted by Gasteiger charge is -2.21. The molecule has 212 valence electrons. The summed E-state index contributed by atoms with van der Waals surface area (Å²) in [6.45, 7) is 11.3. The molecule has 2 N–H and O–H groups in total. The van der Waals surface area contributed by atoms with Crippen LogP contribution < -0.4 is 16.2 Å². The highest BCUT2D eigenvalue weighted by atomic mass is 16.6. The zero-order valence-electron chi connectivity index (χ0n) is 24.6. The van der Waals surface area contributed by atoms with Crippen molar-refractivity contribution in [3.63, 3.8) is 0 Å². The monoisotopic (exact) mass is 550 g/mol. The molecule has 1 aliphatic heterocycles. The number of fused-ring (bicyclic) bond motifs is 1. The van der Waals surface area contributed by atoms with E-state index in [2.05, 4.69) is 68.4 Å². The summed E-state index contributed by atoms with van der Waals surface area (Å²) in [6, 6.07) is 17.5. The van der Waals surface area contributed by atoms with Gasteiger partial charge in [0.25, 0.3) is 5.56 Å². The lowest BCUT2D eigenvalue weighted by atomic mass is 9.93. The van der Waals surface area contributed by atoms with Crippen molar-refractivity contribution < 1.29 is 9.53 Å². The number of epoxide rings is 1. The standard InChI is InChI=1S/C34H38N4O3/c1-20(2)26-12-8-13-27(21(3)4)30(26)36-34(40)37-31-29(28-14-9-17-35-32(28)38(6)33(31)39)24-11-7-10-23(18-24)22(5)15-16-25-19-41-25/h7-15,17-18,20-21,25H,16,19H2,1-6H3,(H2,36,37,40)/b22-15+. The zero-order valence-corrected chi connectivity index (χ0v) is 24.6. The van der Waals surface area contributed by atoms with E-state index in [9.17, 15) is 9.59 Å². The summed E-state index contributed by atoms with van der Waals surface area (Å²) < 4.78 is 6.85. The molecule has 41 heavy (non-hydrogen) atoms. The highest BCUT2D eigenvalue weighted by Gasteiger charge is 2.23. The summed E-state index contributed by atoms with van der Waals surface area (Å²) in [4.78, 5) is 31.9. The van der Waals surface area contributed by atoms with Crippen LogP contribution in [0.25, 0.3) is 27.7 Å². The lowest BCUT2D eigenvalue weighted by Crippen LogP contribution is -2.29. The first-order chi connectivity index (χ1) is 19.7. The van der Waals surface area contributed by atoms with Crippen molar-refractivity contribution in [3.8, 4) is 11.1 Å². The van der Waals surface area contributed by atoms with Gasteiger partial charge in [-0.2, -0.15) is 0 Å². The first-order valence-corrected chi connectivity index (χ1v) is 14.2. The molecule has 0 bridgehead atoms. The van der Waals surface area contributed by atoms with Gasteiger partial charge in [0.05, 0.1) is 12.7 Å². The van der Waals surface area contributed by atoms with Crippen molar-refractivity contribution in [3.05, 3.63) is 93.9 Å². The molecule has 1 aliphatic rings. The molecule has 0 spiro atoms. The average molecular weight is 551 g/mol. The third kappa shape index (κ3) is 5.95. The molecule has 5 rings (SSSR count). The van der Waals surface area contributed by atoms with Crippen LogP contribution in [0.4, 0.5) is 16.2 Å². The predicted octanol–water partition coefficient (Wildman–Crippen LogP) is 7.68. The second kappa shape index (κ2) is 11.7. The highest BCUT2D eigenvalue weighted by molar-refractivity contribution is 6.08. The topological polar surface area (TPSA) is 88.5 Å². The number of carbonyl (C=O) groups is 1. The van der Waals surface area contributed by atoms with Crippen LogP contribution in [0, 0.1) is 0 Å². The van der Waals surface area contributed by atoms with Crippen molar-refractivity contribution in [2.75, 3.05) is 17.2 Å². The fourth-order valence-corrected chi connectivity index (χ4v) is 5.28. The number of anilines is 2. The number of amides is 2. The number of hydrogen-bond acceptors (Lipinski definition) is 4. The van der Waals surface area contributed by atoms with Crippen LogP contribution in [0.2, 0.25) is 0 Å². The average Bonchev–Trinajstić information content (AvgIpc) is 3.79. The van der Waals surface area contributed by atoms with Gasteiger partial charge in [0, 0.05) is 29.9 Å². The fourth-order valence-electron chi connectivity index (χ4n) is 5.28. The van der Waals surface area contributed by atoms with Crippen LogP contribution in [-0.4, -0.2) is 28.3 Å². The molecule has 2 amide bonds. The number of hydrogen-bond donors (Lipinski definition) is 2. The second-order valence-corrected chi connectivity index (χ2v) is 11.3. The van der Waals surface area contributed by atoms with Crippen molar-refractivity contribution >= 4 is 34.0 Å². The van der Waals surface area contributed by atoms with Crippen molar-refractivity contribution in [1.82, 2.24) is 9.55 Å². The third-order valence-electron chi connectivity index (χ3n) is 7.69. The van der Waals surface area contributed by atoms with E-state index >= 15 is 0 Å². The highest BCUT2D eigenvalue weighted by Crippen LogP contribution is 2.36. The maximum absolute atomic E-state index is 13.8. The summed E-state index contributed by atoms with van der Waals surface area (Å²) in [7, 11) is 1.68. The van der Waals surface area contributed by atoms with E-state index in [-0.39, 0.29) is 23.1 Å². The molecule has 1 fully saturated rings. The van der Waals surface area contributed by atoms with E-state index in [1.165, 1.54) is 4.57 Å². The number of urea groups is 1. The van der Waals surface area contributed by atoms with Crippen LogP contribution in [0.1, 0.15) is 69.6 Å². The van der Waals surface area contributed by atoms with E-state index in [1.54, 1.807) is 13.2 Å².